The van der Waals surface area contributed by atoms with E-state index in [9.17, 15) is 0 Å². The summed E-state index contributed by atoms with van der Waals surface area (Å²) in [4.78, 5) is 0. The Labute approximate surface area is 91.7 Å². The first-order valence-electron chi connectivity index (χ1n) is 2.93. The van der Waals surface area contributed by atoms with E-state index in [1.165, 1.54) is 0 Å². The molecule has 0 amide bonds. The topological polar surface area (TPSA) is 9.23 Å². The summed E-state index contributed by atoms with van der Waals surface area (Å²) in [5.41, 5.74) is 0.765. The van der Waals surface area contributed by atoms with Crippen molar-refractivity contribution in [2.24, 2.45) is 0 Å². The molecule has 0 atom stereocenters. The van der Waals surface area contributed by atoms with Crippen LogP contribution in [0.5, 0.6) is 5.75 Å². The largest absolute Gasteiger partial charge is 1.00 e. The summed E-state index contributed by atoms with van der Waals surface area (Å²) in [6.45, 7) is 0. The van der Waals surface area contributed by atoms with Gasteiger partial charge < -0.3 is 17.1 Å². The Kier molecular flexibility index (Phi) is 8.38. The molecule has 0 saturated heterocycles. The van der Waals surface area contributed by atoms with Crippen molar-refractivity contribution in [3.63, 3.8) is 0 Å². The second-order valence-electron chi connectivity index (χ2n) is 1.85. The van der Waals surface area contributed by atoms with Crippen LogP contribution in [0.15, 0.2) is 24.3 Å². The van der Waals surface area contributed by atoms with Gasteiger partial charge in [-0.05, 0) is 30.7 Å². The van der Waals surface area contributed by atoms with Gasteiger partial charge in [-0.15, -0.1) is 0 Å². The van der Waals surface area contributed by atoms with Crippen molar-refractivity contribution in [3.05, 3.63) is 36.3 Å². The van der Waals surface area contributed by atoms with E-state index in [1.807, 2.05) is 0 Å². The average molecular weight is 232 g/mol. The molecule has 0 N–H and O–H groups in total. The summed E-state index contributed by atoms with van der Waals surface area (Å²) >= 11 is 0. The van der Waals surface area contributed by atoms with Crippen molar-refractivity contribution in [3.8, 4) is 11.7 Å². The number of benzene rings is 1. The van der Waals surface area contributed by atoms with Gasteiger partial charge in [0.05, 0.1) is 7.11 Å². The molecule has 0 bridgehead atoms. The third-order valence-electron chi connectivity index (χ3n) is 1.23. The molecule has 1 aromatic carbocycles. The molecule has 12 heavy (non-hydrogen) atoms. The van der Waals surface area contributed by atoms with Gasteiger partial charge in [-0.25, -0.2) is 0 Å². The summed E-state index contributed by atoms with van der Waals surface area (Å²) in [6, 6.07) is 7.17. The molecule has 0 aliphatic carbocycles. The van der Waals surface area contributed by atoms with Crippen LogP contribution in [0, 0.1) is 12.3 Å². The van der Waals surface area contributed by atoms with Crippen LogP contribution in [-0.2, 0) is 19.5 Å². The Balaban J connectivity index is 0. The van der Waals surface area contributed by atoms with Crippen LogP contribution in [0.4, 0.5) is 0 Å². The van der Waals surface area contributed by atoms with Gasteiger partial charge >= 0.3 is 0 Å². The van der Waals surface area contributed by atoms with Crippen molar-refractivity contribution in [1.82, 2.24) is 0 Å². The molecule has 1 aromatic rings. The van der Waals surface area contributed by atoms with E-state index in [-0.39, 0.29) is 31.9 Å². The first-order valence-corrected chi connectivity index (χ1v) is 2.93. The number of hydrogen-bond acceptors (Lipinski definition) is 1. The smallest absolute Gasteiger partial charge is 0.118 e. The molecular weight excluding hydrogens is 225 g/mol. The Morgan fingerprint density at radius 1 is 1.25 bits per heavy atom. The molecule has 0 aromatic heterocycles. The van der Waals surface area contributed by atoms with Gasteiger partial charge in [-0.2, -0.15) is 0 Å². The Morgan fingerprint density at radius 3 is 2.08 bits per heavy atom. The normalized spacial score (nSPS) is 7.00. The molecule has 0 aliphatic heterocycles. The molecule has 59 valence electrons. The van der Waals surface area contributed by atoms with E-state index in [2.05, 4.69) is 5.92 Å². The fourth-order valence-electron chi connectivity index (χ4n) is 0.674. The van der Waals surface area contributed by atoms with Crippen molar-refractivity contribution < 1.29 is 36.6 Å². The second-order valence-corrected chi connectivity index (χ2v) is 1.85. The predicted molar refractivity (Wildman–Crippen MR) is 39.2 cm³/mol. The first kappa shape index (κ1) is 14.0. The molecule has 0 fully saturated rings. The quantitative estimate of drug-likeness (QED) is 0.429. The Morgan fingerprint density at radius 2 is 1.75 bits per heavy atom. The van der Waals surface area contributed by atoms with Crippen LogP contribution in [-0.4, -0.2) is 7.11 Å². The second kappa shape index (κ2) is 7.16. The van der Waals surface area contributed by atoms with Crippen molar-refractivity contribution in [2.45, 2.75) is 0 Å². The van der Waals surface area contributed by atoms with Gasteiger partial charge in [-0.3, -0.25) is 0 Å². The van der Waals surface area contributed by atoms with E-state index >= 15 is 0 Å². The van der Waals surface area contributed by atoms with Crippen molar-refractivity contribution >= 4 is 0 Å². The maximum atomic E-state index is 6.78. The molecular formula is C9H7ClOZn-. The molecule has 0 spiro atoms. The molecule has 1 rings (SSSR count). The maximum Gasteiger partial charge on any atom is 0.118 e. The summed E-state index contributed by atoms with van der Waals surface area (Å²) in [7, 11) is 1.61. The third-order valence-corrected chi connectivity index (χ3v) is 1.23. The summed E-state index contributed by atoms with van der Waals surface area (Å²) in [5.74, 6) is 3.08. The van der Waals surface area contributed by atoms with E-state index < -0.39 is 0 Å². The standard InChI is InChI=1S/C9H7O.ClH.Zn/c1-3-8-4-6-9(10-2)7-5-8;;/h4-7H,2H3;1H;/p-1. The monoisotopic (exact) mass is 230 g/mol. The van der Waals surface area contributed by atoms with Crippen LogP contribution in [0.25, 0.3) is 0 Å². The maximum absolute atomic E-state index is 6.78. The average Bonchev–Trinajstić information content (AvgIpc) is 2.05. The first-order chi connectivity index (χ1) is 4.86. The zero-order chi connectivity index (χ0) is 7.40. The van der Waals surface area contributed by atoms with E-state index in [0.717, 1.165) is 11.3 Å². The van der Waals surface area contributed by atoms with Gasteiger partial charge in [0, 0.05) is 25.0 Å². The fraction of sp³-hybridized carbons (Fsp3) is 0.111. The van der Waals surface area contributed by atoms with E-state index in [4.69, 9.17) is 11.2 Å². The van der Waals surface area contributed by atoms with Crippen LogP contribution in [0.3, 0.4) is 0 Å². The molecule has 1 radical (unpaired) electrons. The predicted octanol–water partition coefficient (Wildman–Crippen LogP) is -1.37. The minimum Gasteiger partial charge on any atom is -1.00 e. The number of hydrogen-bond donors (Lipinski definition) is 0. The molecule has 0 aliphatic rings. The third kappa shape index (κ3) is 3.76. The number of rotatable bonds is 1. The number of methoxy groups -OCH3 is 1. The molecule has 0 saturated carbocycles. The summed E-state index contributed by atoms with van der Waals surface area (Å²) < 4.78 is 4.92. The minimum absolute atomic E-state index is 0. The van der Waals surface area contributed by atoms with Crippen molar-refractivity contribution in [2.75, 3.05) is 7.11 Å². The molecule has 3 heteroatoms. The zero-order valence-corrected chi connectivity index (χ0v) is 10.5. The van der Waals surface area contributed by atoms with E-state index in [1.54, 1.807) is 31.4 Å². The van der Waals surface area contributed by atoms with Crippen LogP contribution in [0.2, 0.25) is 0 Å². The van der Waals surface area contributed by atoms with Crippen LogP contribution < -0.4 is 17.1 Å². The fourth-order valence-corrected chi connectivity index (χ4v) is 0.674. The van der Waals surface area contributed by atoms with Crippen LogP contribution >= 0.6 is 0 Å². The van der Waals surface area contributed by atoms with Gasteiger partial charge in [0.15, 0.2) is 0 Å². The minimum atomic E-state index is 0. The Hall–Kier alpha value is -0.507. The molecule has 0 heterocycles. The van der Waals surface area contributed by atoms with Crippen molar-refractivity contribution in [1.29, 1.82) is 0 Å². The number of ether oxygens (including phenoxy) is 1. The molecule has 0 unspecified atom stereocenters. The summed E-state index contributed by atoms with van der Waals surface area (Å²) in [5, 5.41) is 0. The Bertz CT molecular complexity index is 250. The van der Waals surface area contributed by atoms with Gasteiger partial charge in [-0.1, -0.05) is 5.92 Å². The number of halogens is 1. The van der Waals surface area contributed by atoms with E-state index in [0.29, 0.717) is 0 Å². The zero-order valence-electron chi connectivity index (χ0n) is 6.80. The van der Waals surface area contributed by atoms with Gasteiger partial charge in [0.25, 0.3) is 0 Å². The van der Waals surface area contributed by atoms with Gasteiger partial charge in [0.1, 0.15) is 5.75 Å². The summed E-state index contributed by atoms with van der Waals surface area (Å²) in [6.07, 6.45) is 6.78. The van der Waals surface area contributed by atoms with Crippen LogP contribution in [0.1, 0.15) is 5.56 Å². The molecule has 1 nitrogen and oxygen atoms in total. The van der Waals surface area contributed by atoms with Gasteiger partial charge in [0.2, 0.25) is 0 Å². The SMILES string of the molecule is [C]#Cc1ccc(OC)cc1.[Cl-].[Zn].